The van der Waals surface area contributed by atoms with Crippen LogP contribution in [0.25, 0.3) is 10.1 Å². The quantitative estimate of drug-likeness (QED) is 0.582. The van der Waals surface area contributed by atoms with Crippen LogP contribution in [0.1, 0.15) is 56.4 Å². The Morgan fingerprint density at radius 3 is 2.90 bits per heavy atom. The van der Waals surface area contributed by atoms with E-state index in [2.05, 4.69) is 35.0 Å². The highest BCUT2D eigenvalue weighted by Gasteiger charge is 2.41. The summed E-state index contributed by atoms with van der Waals surface area (Å²) in [5.41, 5.74) is 1.23. The molecule has 1 aromatic carbocycles. The number of aliphatic hydroxyl groups is 1. The molecule has 5 nitrogen and oxygen atoms in total. The Bertz CT molecular complexity index is 954. The average Bonchev–Trinajstić information content (AvgIpc) is 3.52. The van der Waals surface area contributed by atoms with Crippen molar-refractivity contribution in [1.82, 2.24) is 5.32 Å². The van der Waals surface area contributed by atoms with Gasteiger partial charge in [-0.05, 0) is 72.4 Å². The molecule has 3 aliphatic rings. The molecule has 6 heteroatoms. The Balaban J connectivity index is 1.34. The number of fused-ring (bicyclic) bond motifs is 3. The number of amides is 1. The lowest BCUT2D eigenvalue weighted by atomic mass is 9.92. The maximum atomic E-state index is 13.1. The van der Waals surface area contributed by atoms with Crippen molar-refractivity contribution in [2.45, 2.75) is 63.2 Å². The molecule has 2 N–H and O–H groups in total. The molecule has 1 amide bonds. The third-order valence-electron chi connectivity index (χ3n) is 7.10. The fraction of sp³-hybridized carbons (Fsp3) is 0.560. The van der Waals surface area contributed by atoms with Gasteiger partial charge in [-0.1, -0.05) is 24.6 Å². The first-order valence-corrected chi connectivity index (χ1v) is 12.5. The summed E-state index contributed by atoms with van der Waals surface area (Å²) >= 11 is 1.74. The van der Waals surface area contributed by atoms with Crippen molar-refractivity contribution in [3.8, 4) is 0 Å². The number of carbonyl (C=O) groups is 1. The average molecular weight is 442 g/mol. The topological polar surface area (TPSA) is 67.8 Å². The fourth-order valence-electron chi connectivity index (χ4n) is 5.51. The Morgan fingerprint density at radius 1 is 1.19 bits per heavy atom. The number of carbonyl (C=O) groups excluding carboxylic acids is 1. The molecule has 2 bridgehead atoms. The molecule has 2 aliphatic carbocycles. The Kier molecular flexibility index (Phi) is 6.30. The van der Waals surface area contributed by atoms with Gasteiger partial charge in [0.1, 0.15) is 0 Å². The minimum Gasteiger partial charge on any atom is -0.459 e. The molecule has 2 fully saturated rings. The van der Waals surface area contributed by atoms with E-state index in [9.17, 15) is 4.79 Å². The summed E-state index contributed by atoms with van der Waals surface area (Å²) in [4.78, 5) is 13.1. The Morgan fingerprint density at radius 2 is 2.10 bits per heavy atom. The molecular formula is C25H31NO4S. The van der Waals surface area contributed by atoms with Crippen LogP contribution in [0.5, 0.6) is 0 Å². The number of unbranched alkanes of at least 4 members (excludes halogenated alkanes) is 1. The van der Waals surface area contributed by atoms with Crippen molar-refractivity contribution >= 4 is 27.3 Å². The van der Waals surface area contributed by atoms with Crippen molar-refractivity contribution < 1.29 is 19.4 Å². The van der Waals surface area contributed by atoms with Crippen molar-refractivity contribution in [2.75, 3.05) is 13.2 Å². The standard InChI is InChI=1S/C25H31NO4S/c27-9-3-4-10-29-24-14-18(20-15-31-23-6-2-1-5-19(20)23)13-22(30-24)25(28)26-21-12-16-7-8-17(21)11-16/h1-2,5-6,13,15-18,21,24,27H,3-4,7-12,14H2,(H,26,28)/t16?,17?,18-,21?,24+/m0/s1. The molecule has 166 valence electrons. The van der Waals surface area contributed by atoms with Gasteiger partial charge in [-0.2, -0.15) is 0 Å². The van der Waals surface area contributed by atoms with E-state index in [0.717, 1.165) is 18.8 Å². The van der Waals surface area contributed by atoms with E-state index in [-0.39, 0.29) is 24.5 Å². The van der Waals surface area contributed by atoms with E-state index >= 15 is 0 Å². The zero-order chi connectivity index (χ0) is 21.2. The van der Waals surface area contributed by atoms with E-state index in [4.69, 9.17) is 14.6 Å². The van der Waals surface area contributed by atoms with Crippen LogP contribution in [0.4, 0.5) is 0 Å². The van der Waals surface area contributed by atoms with Crippen molar-refractivity contribution in [2.24, 2.45) is 11.8 Å². The van der Waals surface area contributed by atoms with E-state index in [1.54, 1.807) is 11.3 Å². The van der Waals surface area contributed by atoms with Crippen LogP contribution in [-0.4, -0.2) is 36.6 Å². The summed E-state index contributed by atoms with van der Waals surface area (Å²) in [7, 11) is 0. The minimum atomic E-state index is -0.451. The largest absolute Gasteiger partial charge is 0.459 e. The molecule has 2 heterocycles. The molecule has 0 radical (unpaired) electrons. The molecule has 0 spiro atoms. The second-order valence-electron chi connectivity index (χ2n) is 9.16. The summed E-state index contributed by atoms with van der Waals surface area (Å²) in [6.45, 7) is 0.680. The fourth-order valence-corrected chi connectivity index (χ4v) is 6.54. The third-order valence-corrected chi connectivity index (χ3v) is 8.08. The van der Waals surface area contributed by atoms with E-state index in [1.165, 1.54) is 34.9 Å². The summed E-state index contributed by atoms with van der Waals surface area (Å²) in [5, 5.41) is 15.7. The zero-order valence-corrected chi connectivity index (χ0v) is 18.6. The van der Waals surface area contributed by atoms with Gasteiger partial charge in [0.2, 0.25) is 6.29 Å². The summed E-state index contributed by atoms with van der Waals surface area (Å²) in [6.07, 6.45) is 8.61. The molecule has 2 aromatic rings. The highest BCUT2D eigenvalue weighted by molar-refractivity contribution is 7.17. The number of allylic oxidation sites excluding steroid dienone is 1. The maximum Gasteiger partial charge on any atom is 0.286 e. The summed E-state index contributed by atoms with van der Waals surface area (Å²) in [6, 6.07) is 8.69. The Labute approximate surface area is 187 Å². The van der Waals surface area contributed by atoms with Gasteiger partial charge in [0.15, 0.2) is 5.76 Å². The normalized spacial score (nSPS) is 29.7. The van der Waals surface area contributed by atoms with Crippen LogP contribution < -0.4 is 5.32 Å². The molecule has 2 saturated carbocycles. The number of hydrogen-bond acceptors (Lipinski definition) is 5. The number of hydrogen-bond donors (Lipinski definition) is 2. The smallest absolute Gasteiger partial charge is 0.286 e. The molecular weight excluding hydrogens is 410 g/mol. The van der Waals surface area contributed by atoms with Gasteiger partial charge >= 0.3 is 0 Å². The second-order valence-corrected chi connectivity index (χ2v) is 10.1. The number of nitrogens with one attached hydrogen (secondary N) is 1. The first kappa shape index (κ1) is 21.0. The van der Waals surface area contributed by atoms with Crippen LogP contribution in [0.15, 0.2) is 41.5 Å². The lowest BCUT2D eigenvalue weighted by Crippen LogP contribution is -2.41. The first-order valence-electron chi connectivity index (χ1n) is 11.6. The van der Waals surface area contributed by atoms with Crippen LogP contribution in [0.3, 0.4) is 0 Å². The van der Waals surface area contributed by atoms with Gasteiger partial charge in [0.25, 0.3) is 5.91 Å². The molecule has 3 unspecified atom stereocenters. The third kappa shape index (κ3) is 4.52. The number of aliphatic hydroxyl groups excluding tert-OH is 1. The predicted octanol–water partition coefficient (Wildman–Crippen LogP) is 4.71. The predicted molar refractivity (Wildman–Crippen MR) is 122 cm³/mol. The van der Waals surface area contributed by atoms with Gasteiger partial charge in [-0.25, -0.2) is 0 Å². The molecule has 5 rings (SSSR count). The highest BCUT2D eigenvalue weighted by Crippen LogP contribution is 2.45. The molecule has 1 aliphatic heterocycles. The summed E-state index contributed by atoms with van der Waals surface area (Å²) < 4.78 is 13.3. The molecule has 5 atom stereocenters. The van der Waals surface area contributed by atoms with Crippen LogP contribution in [0.2, 0.25) is 0 Å². The number of thiophene rings is 1. The number of benzene rings is 1. The van der Waals surface area contributed by atoms with Gasteiger partial charge in [-0.3, -0.25) is 4.79 Å². The number of rotatable bonds is 8. The lowest BCUT2D eigenvalue weighted by molar-refractivity contribution is -0.147. The Hall–Kier alpha value is -1.89. The zero-order valence-electron chi connectivity index (χ0n) is 17.8. The molecule has 31 heavy (non-hydrogen) atoms. The lowest BCUT2D eigenvalue weighted by Gasteiger charge is -2.30. The molecule has 1 aromatic heterocycles. The molecule has 0 saturated heterocycles. The first-order chi connectivity index (χ1) is 15.2. The number of ether oxygens (including phenoxy) is 2. The van der Waals surface area contributed by atoms with Crippen LogP contribution >= 0.6 is 11.3 Å². The van der Waals surface area contributed by atoms with Crippen molar-refractivity contribution in [3.63, 3.8) is 0 Å². The van der Waals surface area contributed by atoms with E-state index < -0.39 is 6.29 Å². The van der Waals surface area contributed by atoms with Crippen LogP contribution in [-0.2, 0) is 14.3 Å². The van der Waals surface area contributed by atoms with Gasteiger partial charge in [0.05, 0.1) is 6.61 Å². The SMILES string of the molecule is O=C(NC1CC2CCC1C2)C1=C[C@H](c2csc3ccccc23)C[C@H](OCCCCO)O1. The van der Waals surface area contributed by atoms with Gasteiger partial charge in [-0.15, -0.1) is 11.3 Å². The minimum absolute atomic E-state index is 0.0773. The van der Waals surface area contributed by atoms with Gasteiger partial charge < -0.3 is 19.9 Å². The maximum absolute atomic E-state index is 13.1. The van der Waals surface area contributed by atoms with E-state index in [1.807, 2.05) is 6.08 Å². The summed E-state index contributed by atoms with van der Waals surface area (Å²) in [5.74, 6) is 1.77. The van der Waals surface area contributed by atoms with Gasteiger partial charge in [0, 0.05) is 29.7 Å². The van der Waals surface area contributed by atoms with Crippen molar-refractivity contribution in [3.05, 3.63) is 47.0 Å². The monoisotopic (exact) mass is 441 g/mol. The van der Waals surface area contributed by atoms with E-state index in [0.29, 0.717) is 31.1 Å². The van der Waals surface area contributed by atoms with Crippen molar-refractivity contribution in [1.29, 1.82) is 0 Å². The second kappa shape index (κ2) is 9.31. The highest BCUT2D eigenvalue weighted by atomic mass is 32.1. The van der Waals surface area contributed by atoms with Crippen LogP contribution in [0, 0.1) is 11.8 Å².